The van der Waals surface area contributed by atoms with Crippen molar-refractivity contribution in [3.05, 3.63) is 105 Å². The number of carbonyl (C=O) groups excluding carboxylic acids is 1. The van der Waals surface area contributed by atoms with Crippen molar-refractivity contribution in [2.75, 3.05) is 32.1 Å². The van der Waals surface area contributed by atoms with Gasteiger partial charge in [0.1, 0.15) is 41.7 Å². The molecule has 2 aromatic carbocycles. The molecule has 0 spiro atoms. The van der Waals surface area contributed by atoms with Gasteiger partial charge in [0, 0.05) is 24.4 Å². The summed E-state index contributed by atoms with van der Waals surface area (Å²) in [6.45, 7) is -4.80. The smallest absolute Gasteiger partial charge is 0.472 e. The summed E-state index contributed by atoms with van der Waals surface area (Å²) in [4.78, 5) is 72.2. The van der Waals surface area contributed by atoms with E-state index in [1.807, 2.05) is 4.98 Å². The van der Waals surface area contributed by atoms with E-state index >= 15 is 4.39 Å². The lowest BCUT2D eigenvalue weighted by Crippen LogP contribution is -2.34. The molecule has 5 aromatic rings. The minimum Gasteiger partial charge on any atom is -0.494 e. The SMILES string of the molecule is NCCCCCCCCCCCCOc1ccc(C(=O)Oc2ccc(CSP(=O)(O)OC[C@H]3O[C@@H](n4cnc5c(N)ncnc54)[C@H](F)[C@@H]3OP(=O)(O)OC[C@@H]3C[C@@H](F)[C@H](n4ccc(=O)[nH]c4=O)O3)cc2)cc1. The molecule has 27 heteroatoms. The van der Waals surface area contributed by atoms with Gasteiger partial charge in [-0.3, -0.25) is 32.5 Å². The highest BCUT2D eigenvalue weighted by atomic mass is 32.7. The van der Waals surface area contributed by atoms with Gasteiger partial charge in [-0.15, -0.1) is 0 Å². The van der Waals surface area contributed by atoms with Crippen molar-refractivity contribution in [3.63, 3.8) is 0 Å². The van der Waals surface area contributed by atoms with Crippen molar-refractivity contribution in [1.29, 1.82) is 0 Å². The number of imidazole rings is 1. The Labute approximate surface area is 416 Å². The van der Waals surface area contributed by atoms with Crippen LogP contribution in [0.5, 0.6) is 11.5 Å². The molecule has 2 unspecified atom stereocenters. The lowest BCUT2D eigenvalue weighted by molar-refractivity contribution is -0.0500. The van der Waals surface area contributed by atoms with Crippen LogP contribution in [0.15, 0.2) is 83.0 Å². The number of rotatable bonds is 28. The summed E-state index contributed by atoms with van der Waals surface area (Å²) in [6, 6.07) is 13.8. The Morgan fingerprint density at radius 2 is 1.51 bits per heavy atom. The number of phosphoric ester groups is 1. The number of alkyl halides is 2. The molecule has 0 amide bonds. The number of hydrogen-bond donors (Lipinski definition) is 5. The summed E-state index contributed by atoms with van der Waals surface area (Å²) in [5.41, 5.74) is 10.8. The van der Waals surface area contributed by atoms with E-state index < -0.39 is 94.6 Å². The number of ether oxygens (including phenoxy) is 4. The van der Waals surface area contributed by atoms with E-state index in [0.29, 0.717) is 34.9 Å². The Morgan fingerprint density at radius 3 is 2.21 bits per heavy atom. The first-order valence-electron chi connectivity index (χ1n) is 23.4. The van der Waals surface area contributed by atoms with Crippen LogP contribution in [0.1, 0.15) is 99.0 Å². The van der Waals surface area contributed by atoms with Crippen LogP contribution in [0.2, 0.25) is 0 Å². The second-order valence-electron chi connectivity index (χ2n) is 17.1. The number of nitrogens with one attached hydrogen (secondary N) is 1. The van der Waals surface area contributed by atoms with Crippen molar-refractivity contribution in [2.45, 2.75) is 119 Å². The molecule has 0 bridgehead atoms. The Bertz CT molecular complexity index is 2780. The maximum Gasteiger partial charge on any atom is 0.472 e. The maximum atomic E-state index is 16.4. The monoisotopic (exact) mass is 1070 g/mol. The Hall–Kier alpha value is -4.91. The van der Waals surface area contributed by atoms with E-state index in [2.05, 4.69) is 15.0 Å². The van der Waals surface area contributed by atoms with Crippen LogP contribution >= 0.6 is 26.0 Å². The highest BCUT2D eigenvalue weighted by Gasteiger charge is 2.51. The third-order valence-corrected chi connectivity index (χ3v) is 15.7. The molecule has 9 atom stereocenters. The number of nitrogens with zero attached hydrogens (tertiary/aromatic N) is 5. The summed E-state index contributed by atoms with van der Waals surface area (Å²) in [7, 11) is -5.26. The zero-order valence-electron chi connectivity index (χ0n) is 39.0. The largest absolute Gasteiger partial charge is 0.494 e. The fraction of sp³-hybridized carbons (Fsp3) is 0.511. The van der Waals surface area contributed by atoms with Gasteiger partial charge < -0.3 is 40.2 Å². The van der Waals surface area contributed by atoms with E-state index in [9.17, 15) is 37.7 Å². The molecule has 72 heavy (non-hydrogen) atoms. The zero-order chi connectivity index (χ0) is 51.3. The average Bonchev–Trinajstić information content (AvgIpc) is 4.05. The fourth-order valence-electron chi connectivity index (χ4n) is 7.99. The molecule has 2 fully saturated rings. The highest BCUT2D eigenvalue weighted by molar-refractivity contribution is 8.54. The minimum atomic E-state index is -5.26. The third-order valence-electron chi connectivity index (χ3n) is 11.7. The number of fused-ring (bicyclic) bond motifs is 1. The van der Waals surface area contributed by atoms with E-state index in [0.717, 1.165) is 59.9 Å². The Morgan fingerprint density at radius 1 is 0.833 bits per heavy atom. The van der Waals surface area contributed by atoms with Crippen LogP contribution in [-0.4, -0.2) is 102 Å². The van der Waals surface area contributed by atoms with Gasteiger partial charge in [0.05, 0.1) is 37.8 Å². The van der Waals surface area contributed by atoms with Gasteiger partial charge in [0.15, 0.2) is 30.1 Å². The molecule has 0 saturated carbocycles. The number of unbranched alkanes of at least 4 members (excludes halogenated alkanes) is 9. The van der Waals surface area contributed by atoms with Gasteiger partial charge in [-0.05, 0) is 72.7 Å². The number of halogens is 2. The number of phosphoric acid groups is 1. The second kappa shape index (κ2) is 25.8. The quantitative estimate of drug-likeness (QED) is 0.0148. The molecule has 3 aromatic heterocycles. The molecule has 2 aliphatic heterocycles. The zero-order valence-corrected chi connectivity index (χ0v) is 41.6. The van der Waals surface area contributed by atoms with Crippen LogP contribution in [-0.2, 0) is 37.9 Å². The standard InChI is InChI=1S/C45H58F2N8O14P2S/c46-34-23-33(66-42(34)54-21-19-36(56)53-45(54)58)24-64-70(59,60)69-39-35(68-43(37(39)47)55-28-52-38-40(49)50-27-51-41(38)55)25-65-71(61,62)72-26-29-11-15-32(16-12-29)67-44(57)30-13-17-31(18-14-30)63-22-10-8-6-4-2-1-3-5-7-9-20-48/h11-19,21,27-28,33-35,37,39,42-43H,1-10,20,22-26,48H2,(H,59,60)(H,61,62)(H2,49,50,51)(H,53,56,58)/t33-,34+,35+,37+,39+,42+,43+/m0/s1. The van der Waals surface area contributed by atoms with Crippen LogP contribution in [0.25, 0.3) is 11.2 Å². The molecule has 2 aliphatic rings. The number of H-pyrrole nitrogens is 1. The van der Waals surface area contributed by atoms with Gasteiger partial charge in [-0.25, -0.2) is 42.5 Å². The molecular formula is C45H58F2N8O14P2S. The Balaban J connectivity index is 0.882. The van der Waals surface area contributed by atoms with Crippen LogP contribution in [0.3, 0.4) is 0 Å². The van der Waals surface area contributed by atoms with Gasteiger partial charge in [0.25, 0.3) is 5.56 Å². The first-order chi connectivity index (χ1) is 34.6. The number of nitrogens with two attached hydrogens (primary N) is 2. The normalized spacial score (nSPS) is 22.7. The maximum absolute atomic E-state index is 16.4. The van der Waals surface area contributed by atoms with E-state index in [1.165, 1.54) is 57.1 Å². The minimum absolute atomic E-state index is 0.0284. The van der Waals surface area contributed by atoms with E-state index in [1.54, 1.807) is 36.4 Å². The van der Waals surface area contributed by atoms with Crippen molar-refractivity contribution in [3.8, 4) is 11.5 Å². The molecular weight excluding hydrogens is 1010 g/mol. The van der Waals surface area contributed by atoms with E-state index in [4.69, 9.17) is 44.0 Å². The molecule has 7 rings (SSSR count). The van der Waals surface area contributed by atoms with Crippen LogP contribution in [0, 0.1) is 0 Å². The summed E-state index contributed by atoms with van der Waals surface area (Å²) in [6.07, 6.45) is 2.65. The summed E-state index contributed by atoms with van der Waals surface area (Å²) >= 11 is 0.505. The summed E-state index contributed by atoms with van der Waals surface area (Å²) < 4.78 is 98.4. The number of benzene rings is 2. The number of nitrogen functional groups attached to an aromatic ring is 1. The van der Waals surface area contributed by atoms with Gasteiger partial charge in [-0.2, -0.15) is 0 Å². The van der Waals surface area contributed by atoms with Crippen molar-refractivity contribution < 1.29 is 65.0 Å². The number of anilines is 1. The predicted molar refractivity (Wildman–Crippen MR) is 260 cm³/mol. The molecule has 5 heterocycles. The predicted octanol–water partition coefficient (Wildman–Crippen LogP) is 6.83. The third kappa shape index (κ3) is 15.3. The first-order valence-corrected chi connectivity index (χ1v) is 28.1. The summed E-state index contributed by atoms with van der Waals surface area (Å²) in [5.74, 6) is 0.176. The van der Waals surface area contributed by atoms with Crippen LogP contribution in [0.4, 0.5) is 14.6 Å². The Kier molecular flexibility index (Phi) is 19.7. The molecule has 392 valence electrons. The summed E-state index contributed by atoms with van der Waals surface area (Å²) in [5, 5.41) is 0. The lowest BCUT2D eigenvalue weighted by Gasteiger charge is -2.23. The highest BCUT2D eigenvalue weighted by Crippen LogP contribution is 2.58. The number of esters is 1. The van der Waals surface area contributed by atoms with Gasteiger partial charge in [0.2, 0.25) is 0 Å². The van der Waals surface area contributed by atoms with Crippen molar-refractivity contribution >= 4 is 49.0 Å². The topological polar surface area (TPSA) is 307 Å². The molecule has 2 saturated heterocycles. The van der Waals surface area contributed by atoms with Crippen molar-refractivity contribution in [2.24, 2.45) is 5.73 Å². The number of carbonyl (C=O) groups is 1. The van der Waals surface area contributed by atoms with Crippen molar-refractivity contribution in [1.82, 2.24) is 29.1 Å². The number of hydrogen-bond acceptors (Lipinski definition) is 18. The molecule has 0 radical (unpaired) electrons. The number of aromatic amines is 1. The fourth-order valence-corrected chi connectivity index (χ4v) is 11.2. The first kappa shape index (κ1) is 54.9. The van der Waals surface area contributed by atoms with Crippen LogP contribution < -0.4 is 32.2 Å². The molecule has 0 aliphatic carbocycles. The van der Waals surface area contributed by atoms with E-state index in [-0.39, 0.29) is 28.5 Å². The van der Waals surface area contributed by atoms with Gasteiger partial charge in [-0.1, -0.05) is 63.5 Å². The molecule has 7 N–H and O–H groups in total. The average molecular weight is 1070 g/mol. The number of aromatic nitrogens is 6. The lowest BCUT2D eigenvalue weighted by atomic mass is 10.1. The molecule has 22 nitrogen and oxygen atoms in total. The van der Waals surface area contributed by atoms with Gasteiger partial charge >= 0.3 is 26.3 Å². The second-order valence-corrected chi connectivity index (χ2v) is 22.4.